The summed E-state index contributed by atoms with van der Waals surface area (Å²) in [6.07, 6.45) is 1.09. The van der Waals surface area contributed by atoms with Gasteiger partial charge in [0.05, 0.1) is 6.61 Å². The van der Waals surface area contributed by atoms with E-state index in [1.54, 1.807) is 0 Å². The van der Waals surface area contributed by atoms with Crippen LogP contribution >= 0.6 is 11.6 Å². The monoisotopic (exact) mass is 239 g/mol. The summed E-state index contributed by atoms with van der Waals surface area (Å²) in [4.78, 5) is 0. The summed E-state index contributed by atoms with van der Waals surface area (Å²) >= 11 is 6.02. The second-order valence-corrected chi connectivity index (χ2v) is 5.28. The first-order valence-electron chi connectivity index (χ1n) is 5.69. The topological polar surface area (TPSA) is 21.3 Å². The first kappa shape index (κ1) is 11.9. The Morgan fingerprint density at radius 1 is 1.44 bits per heavy atom. The van der Waals surface area contributed by atoms with Crippen LogP contribution < -0.4 is 5.32 Å². The fraction of sp³-hybridized carbons (Fsp3) is 0.538. The summed E-state index contributed by atoms with van der Waals surface area (Å²) in [7, 11) is 0. The fourth-order valence-electron chi connectivity index (χ4n) is 2.12. The first-order valence-corrected chi connectivity index (χ1v) is 6.07. The minimum atomic E-state index is -0.0662. The summed E-state index contributed by atoms with van der Waals surface area (Å²) in [6, 6.07) is 8.47. The Balaban J connectivity index is 2.10. The molecule has 0 spiro atoms. The van der Waals surface area contributed by atoms with Gasteiger partial charge in [0.2, 0.25) is 0 Å². The Morgan fingerprint density at radius 2 is 2.25 bits per heavy atom. The van der Waals surface area contributed by atoms with Gasteiger partial charge in [-0.3, -0.25) is 0 Å². The molecule has 16 heavy (non-hydrogen) atoms. The molecule has 0 saturated carbocycles. The predicted molar refractivity (Wildman–Crippen MR) is 66.8 cm³/mol. The highest BCUT2D eigenvalue weighted by Gasteiger charge is 2.26. The van der Waals surface area contributed by atoms with Crippen molar-refractivity contribution in [2.24, 2.45) is 0 Å². The standard InChI is InChI=1S/C13H18ClNO/c1-13(2,15-12-6-7-16-9-12)10-4-3-5-11(14)8-10/h3-5,8,12,15H,6-7,9H2,1-2H3. The molecule has 1 fully saturated rings. The van der Waals surface area contributed by atoms with Gasteiger partial charge < -0.3 is 10.1 Å². The van der Waals surface area contributed by atoms with Crippen LogP contribution in [0.2, 0.25) is 5.02 Å². The molecule has 1 heterocycles. The van der Waals surface area contributed by atoms with Crippen LogP contribution in [0, 0.1) is 0 Å². The Bertz CT molecular complexity index is 359. The van der Waals surface area contributed by atoms with Crippen LogP contribution in [0.3, 0.4) is 0 Å². The minimum absolute atomic E-state index is 0.0662. The van der Waals surface area contributed by atoms with Crippen molar-refractivity contribution in [1.82, 2.24) is 5.32 Å². The molecular weight excluding hydrogens is 222 g/mol. The van der Waals surface area contributed by atoms with Crippen LogP contribution in [0.4, 0.5) is 0 Å². The minimum Gasteiger partial charge on any atom is -0.380 e. The fourth-order valence-corrected chi connectivity index (χ4v) is 2.31. The van der Waals surface area contributed by atoms with E-state index in [1.165, 1.54) is 5.56 Å². The van der Waals surface area contributed by atoms with E-state index >= 15 is 0 Å². The van der Waals surface area contributed by atoms with Crippen molar-refractivity contribution in [1.29, 1.82) is 0 Å². The summed E-state index contributed by atoms with van der Waals surface area (Å²) < 4.78 is 5.37. The van der Waals surface area contributed by atoms with Crippen molar-refractivity contribution in [3.63, 3.8) is 0 Å². The highest BCUT2D eigenvalue weighted by atomic mass is 35.5. The van der Waals surface area contributed by atoms with E-state index in [4.69, 9.17) is 16.3 Å². The van der Waals surface area contributed by atoms with Gasteiger partial charge in [0.15, 0.2) is 0 Å². The highest BCUT2D eigenvalue weighted by molar-refractivity contribution is 6.30. The van der Waals surface area contributed by atoms with Crippen LogP contribution in [0.15, 0.2) is 24.3 Å². The van der Waals surface area contributed by atoms with Gasteiger partial charge in [-0.15, -0.1) is 0 Å². The lowest BCUT2D eigenvalue weighted by Gasteiger charge is -2.30. The van der Waals surface area contributed by atoms with Crippen molar-refractivity contribution in [2.75, 3.05) is 13.2 Å². The summed E-state index contributed by atoms with van der Waals surface area (Å²) in [5.74, 6) is 0. The van der Waals surface area contributed by atoms with Crippen molar-refractivity contribution in [2.45, 2.75) is 31.8 Å². The average Bonchev–Trinajstić information content (AvgIpc) is 2.70. The maximum absolute atomic E-state index is 6.02. The molecule has 0 aliphatic carbocycles. The molecule has 2 rings (SSSR count). The number of rotatable bonds is 3. The zero-order valence-electron chi connectivity index (χ0n) is 9.79. The largest absolute Gasteiger partial charge is 0.380 e. The van der Waals surface area contributed by atoms with Crippen LogP contribution in [0.1, 0.15) is 25.8 Å². The Kier molecular flexibility index (Phi) is 3.53. The van der Waals surface area contributed by atoms with E-state index < -0.39 is 0 Å². The maximum Gasteiger partial charge on any atom is 0.0620 e. The molecule has 1 aliphatic rings. The lowest BCUT2D eigenvalue weighted by atomic mass is 9.93. The molecule has 2 nitrogen and oxygen atoms in total. The number of nitrogens with one attached hydrogen (secondary N) is 1. The van der Waals surface area contributed by atoms with Crippen LogP contribution in [0.5, 0.6) is 0 Å². The predicted octanol–water partition coefficient (Wildman–Crippen LogP) is 2.95. The molecule has 0 aromatic heterocycles. The molecule has 1 atom stereocenters. The molecule has 0 radical (unpaired) electrons. The third-order valence-corrected chi connectivity index (χ3v) is 3.28. The van der Waals surface area contributed by atoms with E-state index in [1.807, 2.05) is 18.2 Å². The van der Waals surface area contributed by atoms with Gasteiger partial charge in [-0.25, -0.2) is 0 Å². The van der Waals surface area contributed by atoms with Gasteiger partial charge in [-0.2, -0.15) is 0 Å². The second-order valence-electron chi connectivity index (χ2n) is 4.84. The Labute approximate surface area is 102 Å². The van der Waals surface area contributed by atoms with Gasteiger partial charge in [0.25, 0.3) is 0 Å². The Hall–Kier alpha value is -0.570. The average molecular weight is 240 g/mol. The summed E-state index contributed by atoms with van der Waals surface area (Å²) in [6.45, 7) is 6.03. The van der Waals surface area contributed by atoms with Gasteiger partial charge in [0.1, 0.15) is 0 Å². The van der Waals surface area contributed by atoms with Crippen molar-refractivity contribution < 1.29 is 4.74 Å². The van der Waals surface area contributed by atoms with Gasteiger partial charge in [-0.05, 0) is 38.0 Å². The molecule has 1 unspecified atom stereocenters. The summed E-state index contributed by atoms with van der Waals surface area (Å²) in [5.41, 5.74) is 1.15. The van der Waals surface area contributed by atoms with Crippen molar-refractivity contribution in [3.8, 4) is 0 Å². The van der Waals surface area contributed by atoms with E-state index in [9.17, 15) is 0 Å². The van der Waals surface area contributed by atoms with E-state index in [0.717, 1.165) is 24.7 Å². The molecule has 0 bridgehead atoms. The van der Waals surface area contributed by atoms with Gasteiger partial charge in [0, 0.05) is 23.2 Å². The molecule has 1 aromatic rings. The lowest BCUT2D eigenvalue weighted by Crippen LogP contribution is -2.44. The van der Waals surface area contributed by atoms with E-state index in [0.29, 0.717) is 6.04 Å². The molecule has 0 amide bonds. The van der Waals surface area contributed by atoms with Crippen LogP contribution in [-0.2, 0) is 10.3 Å². The number of halogens is 1. The second kappa shape index (κ2) is 4.74. The molecule has 1 N–H and O–H groups in total. The summed E-state index contributed by atoms with van der Waals surface area (Å²) in [5, 5.41) is 4.40. The number of ether oxygens (including phenoxy) is 1. The van der Waals surface area contributed by atoms with Gasteiger partial charge >= 0.3 is 0 Å². The molecular formula is C13H18ClNO. The smallest absolute Gasteiger partial charge is 0.0620 e. The molecule has 88 valence electrons. The van der Waals surface area contributed by atoms with Crippen molar-refractivity contribution in [3.05, 3.63) is 34.9 Å². The third kappa shape index (κ3) is 2.76. The van der Waals surface area contributed by atoms with Crippen molar-refractivity contribution >= 4 is 11.6 Å². The SMILES string of the molecule is CC(C)(NC1CCOC1)c1cccc(Cl)c1. The first-order chi connectivity index (χ1) is 7.58. The van der Waals surface area contributed by atoms with E-state index in [2.05, 4.69) is 25.2 Å². The van der Waals surface area contributed by atoms with Crippen LogP contribution in [-0.4, -0.2) is 19.3 Å². The van der Waals surface area contributed by atoms with Gasteiger partial charge in [-0.1, -0.05) is 23.7 Å². The quantitative estimate of drug-likeness (QED) is 0.876. The van der Waals surface area contributed by atoms with E-state index in [-0.39, 0.29) is 5.54 Å². The molecule has 1 aromatic carbocycles. The maximum atomic E-state index is 6.02. The zero-order valence-corrected chi connectivity index (χ0v) is 10.6. The molecule has 3 heteroatoms. The lowest BCUT2D eigenvalue weighted by molar-refractivity contribution is 0.183. The number of hydrogen-bond donors (Lipinski definition) is 1. The zero-order chi connectivity index (χ0) is 11.6. The Morgan fingerprint density at radius 3 is 2.88 bits per heavy atom. The normalized spacial score (nSPS) is 21.3. The molecule has 1 saturated heterocycles. The third-order valence-electron chi connectivity index (χ3n) is 3.04. The number of benzene rings is 1. The number of hydrogen-bond acceptors (Lipinski definition) is 2. The van der Waals surface area contributed by atoms with Crippen LogP contribution in [0.25, 0.3) is 0 Å². The molecule has 1 aliphatic heterocycles. The highest BCUT2D eigenvalue weighted by Crippen LogP contribution is 2.24.